The summed E-state index contributed by atoms with van der Waals surface area (Å²) >= 11 is 0. The van der Waals surface area contributed by atoms with E-state index in [4.69, 9.17) is 0 Å². The molecule has 0 bridgehead atoms. The first-order chi connectivity index (χ1) is 12.5. The highest BCUT2D eigenvalue weighted by Gasteiger charge is 2.28. The van der Waals surface area contributed by atoms with Crippen LogP contribution in [0.4, 0.5) is 15.8 Å². The fourth-order valence-electron chi connectivity index (χ4n) is 3.22. The van der Waals surface area contributed by atoms with Gasteiger partial charge in [-0.15, -0.1) is 0 Å². The molecule has 1 fully saturated rings. The van der Waals surface area contributed by atoms with Crippen molar-refractivity contribution in [1.29, 1.82) is 0 Å². The molecular weight excluding hydrogens is 353 g/mol. The maximum atomic E-state index is 13.4. The van der Waals surface area contributed by atoms with Crippen LogP contribution in [0.3, 0.4) is 0 Å². The molecule has 0 amide bonds. The van der Waals surface area contributed by atoms with E-state index in [0.29, 0.717) is 30.7 Å². The average molecular weight is 371 g/mol. The second-order valence-electron chi connectivity index (χ2n) is 6.29. The largest absolute Gasteiger partial charge is 0.380 e. The number of nitrogens with one attached hydrogen (secondary N) is 1. The number of benzene rings is 2. The van der Waals surface area contributed by atoms with Crippen LogP contribution < -0.4 is 9.62 Å². The van der Waals surface area contributed by atoms with Crippen molar-refractivity contribution >= 4 is 32.3 Å². The van der Waals surface area contributed by atoms with E-state index in [1.165, 1.54) is 16.4 Å². The Balaban J connectivity index is 1.57. The smallest absolute Gasteiger partial charge is 0.235 e. The average Bonchev–Trinajstić information content (AvgIpc) is 2.99. The molecule has 7 heteroatoms. The summed E-state index contributed by atoms with van der Waals surface area (Å²) in [5, 5.41) is 4.17. The molecule has 5 nitrogen and oxygen atoms in total. The van der Waals surface area contributed by atoms with Crippen molar-refractivity contribution in [1.82, 2.24) is 4.98 Å². The number of pyridine rings is 1. The molecule has 134 valence electrons. The molecule has 0 aliphatic carbocycles. The van der Waals surface area contributed by atoms with Crippen molar-refractivity contribution in [2.75, 3.05) is 21.9 Å². The van der Waals surface area contributed by atoms with Crippen LogP contribution in [0.25, 0.3) is 10.9 Å². The molecule has 26 heavy (non-hydrogen) atoms. The Labute approximate surface area is 151 Å². The van der Waals surface area contributed by atoms with Crippen LogP contribution in [0.1, 0.15) is 12.0 Å². The van der Waals surface area contributed by atoms with Gasteiger partial charge in [0, 0.05) is 36.4 Å². The van der Waals surface area contributed by atoms with E-state index in [1.807, 2.05) is 30.3 Å². The highest BCUT2D eigenvalue weighted by molar-refractivity contribution is 7.93. The second-order valence-corrected chi connectivity index (χ2v) is 8.30. The standard InChI is InChI=1S/C19H18FN3O2S/c20-15-5-6-17-18(7-8-21-19(17)12-15)22-13-14-3-1-4-16(11-14)23-9-2-10-26(23,24)25/h1,3-8,11-12H,2,9-10,13H2,(H,21,22). The minimum atomic E-state index is -3.19. The third-order valence-electron chi connectivity index (χ3n) is 4.49. The van der Waals surface area contributed by atoms with E-state index in [-0.39, 0.29) is 11.6 Å². The number of halogens is 1. The van der Waals surface area contributed by atoms with Gasteiger partial charge in [0.05, 0.1) is 17.0 Å². The molecule has 0 spiro atoms. The van der Waals surface area contributed by atoms with Crippen molar-refractivity contribution in [2.24, 2.45) is 0 Å². The van der Waals surface area contributed by atoms with E-state index >= 15 is 0 Å². The molecule has 0 unspecified atom stereocenters. The molecule has 1 saturated heterocycles. The third kappa shape index (κ3) is 3.22. The summed E-state index contributed by atoms with van der Waals surface area (Å²) in [7, 11) is -3.19. The summed E-state index contributed by atoms with van der Waals surface area (Å²) in [6.07, 6.45) is 2.29. The van der Waals surface area contributed by atoms with Gasteiger partial charge in [-0.25, -0.2) is 12.8 Å². The van der Waals surface area contributed by atoms with Crippen LogP contribution >= 0.6 is 0 Å². The van der Waals surface area contributed by atoms with Gasteiger partial charge in [-0.2, -0.15) is 0 Å². The van der Waals surface area contributed by atoms with Crippen molar-refractivity contribution in [2.45, 2.75) is 13.0 Å². The number of rotatable bonds is 4. The van der Waals surface area contributed by atoms with Gasteiger partial charge in [-0.3, -0.25) is 9.29 Å². The van der Waals surface area contributed by atoms with E-state index in [0.717, 1.165) is 16.6 Å². The van der Waals surface area contributed by atoms with E-state index in [9.17, 15) is 12.8 Å². The van der Waals surface area contributed by atoms with Gasteiger partial charge in [0.15, 0.2) is 0 Å². The first-order valence-electron chi connectivity index (χ1n) is 8.40. The van der Waals surface area contributed by atoms with Crippen molar-refractivity contribution < 1.29 is 12.8 Å². The fourth-order valence-corrected chi connectivity index (χ4v) is 4.78. The predicted molar refractivity (Wildman–Crippen MR) is 101 cm³/mol. The Morgan fingerprint density at radius 2 is 2.04 bits per heavy atom. The summed E-state index contributed by atoms with van der Waals surface area (Å²) in [5.74, 6) is -0.114. The van der Waals surface area contributed by atoms with E-state index in [1.54, 1.807) is 12.3 Å². The van der Waals surface area contributed by atoms with Crippen molar-refractivity contribution in [3.8, 4) is 0 Å². The maximum absolute atomic E-state index is 13.4. The minimum Gasteiger partial charge on any atom is -0.380 e. The van der Waals surface area contributed by atoms with Crippen LogP contribution in [-0.4, -0.2) is 25.7 Å². The molecule has 0 radical (unpaired) electrons. The van der Waals surface area contributed by atoms with Gasteiger partial charge in [-0.05, 0) is 42.3 Å². The summed E-state index contributed by atoms with van der Waals surface area (Å²) in [4.78, 5) is 4.19. The monoisotopic (exact) mass is 371 g/mol. The molecule has 0 atom stereocenters. The zero-order chi connectivity index (χ0) is 18.1. The Kier molecular flexibility index (Phi) is 4.24. The minimum absolute atomic E-state index is 0.203. The Hall–Kier alpha value is -2.67. The number of nitrogens with zero attached hydrogens (tertiary/aromatic N) is 2. The van der Waals surface area contributed by atoms with Gasteiger partial charge >= 0.3 is 0 Å². The number of hydrogen-bond donors (Lipinski definition) is 1. The summed E-state index contributed by atoms with van der Waals surface area (Å²) in [5.41, 5.74) is 3.11. The van der Waals surface area contributed by atoms with E-state index in [2.05, 4.69) is 10.3 Å². The SMILES string of the molecule is O=S1(=O)CCCN1c1cccc(CNc2ccnc3cc(F)ccc23)c1. The first kappa shape index (κ1) is 16.8. The highest BCUT2D eigenvalue weighted by Crippen LogP contribution is 2.26. The molecule has 0 saturated carbocycles. The van der Waals surface area contributed by atoms with Crippen LogP contribution in [-0.2, 0) is 16.6 Å². The van der Waals surface area contributed by atoms with Crippen LogP contribution in [0.15, 0.2) is 54.7 Å². The number of anilines is 2. The van der Waals surface area contributed by atoms with Gasteiger partial charge in [0.25, 0.3) is 0 Å². The molecule has 2 heterocycles. The topological polar surface area (TPSA) is 62.3 Å². The molecule has 4 rings (SSSR count). The van der Waals surface area contributed by atoms with Crippen molar-refractivity contribution in [3.05, 3.63) is 66.1 Å². The zero-order valence-corrected chi connectivity index (χ0v) is 14.8. The summed E-state index contributed by atoms with van der Waals surface area (Å²) in [6, 6.07) is 13.9. The second kappa shape index (κ2) is 6.57. The Morgan fingerprint density at radius 3 is 2.85 bits per heavy atom. The lowest BCUT2D eigenvalue weighted by atomic mass is 10.1. The fraction of sp³-hybridized carbons (Fsp3) is 0.211. The van der Waals surface area contributed by atoms with Gasteiger partial charge in [-0.1, -0.05) is 12.1 Å². The Morgan fingerprint density at radius 1 is 1.15 bits per heavy atom. The molecule has 1 aromatic heterocycles. The molecule has 1 aliphatic heterocycles. The quantitative estimate of drug-likeness (QED) is 0.762. The molecule has 1 N–H and O–H groups in total. The number of fused-ring (bicyclic) bond motifs is 1. The van der Waals surface area contributed by atoms with Gasteiger partial charge in [0.2, 0.25) is 10.0 Å². The lowest BCUT2D eigenvalue weighted by Gasteiger charge is -2.18. The summed E-state index contributed by atoms with van der Waals surface area (Å²) in [6.45, 7) is 1.05. The van der Waals surface area contributed by atoms with Crippen LogP contribution in [0.2, 0.25) is 0 Å². The maximum Gasteiger partial charge on any atom is 0.235 e. The number of hydrogen-bond acceptors (Lipinski definition) is 4. The van der Waals surface area contributed by atoms with Gasteiger partial charge < -0.3 is 5.32 Å². The van der Waals surface area contributed by atoms with Gasteiger partial charge in [0.1, 0.15) is 5.82 Å². The molecule has 3 aromatic rings. The number of sulfonamides is 1. The first-order valence-corrected chi connectivity index (χ1v) is 10.0. The lowest BCUT2D eigenvalue weighted by Crippen LogP contribution is -2.25. The normalized spacial score (nSPS) is 16.1. The molecule has 2 aromatic carbocycles. The van der Waals surface area contributed by atoms with E-state index < -0.39 is 10.0 Å². The van der Waals surface area contributed by atoms with Crippen LogP contribution in [0, 0.1) is 5.82 Å². The summed E-state index contributed by atoms with van der Waals surface area (Å²) < 4.78 is 39.0. The molecule has 1 aliphatic rings. The zero-order valence-electron chi connectivity index (χ0n) is 14.0. The Bertz CT molecular complexity index is 1070. The highest BCUT2D eigenvalue weighted by atomic mass is 32.2. The number of aromatic nitrogens is 1. The van der Waals surface area contributed by atoms with Crippen molar-refractivity contribution in [3.63, 3.8) is 0 Å². The van der Waals surface area contributed by atoms with Crippen LogP contribution in [0.5, 0.6) is 0 Å². The lowest BCUT2D eigenvalue weighted by molar-refractivity contribution is 0.599. The third-order valence-corrected chi connectivity index (χ3v) is 6.36. The predicted octanol–water partition coefficient (Wildman–Crippen LogP) is 3.53. The molecular formula is C19H18FN3O2S.